The maximum absolute atomic E-state index is 12.0. The number of pyridine rings is 1. The number of nitrogens with one attached hydrogen (secondary N) is 1. The van der Waals surface area contributed by atoms with Gasteiger partial charge in [0.25, 0.3) is 0 Å². The first-order valence-electron chi connectivity index (χ1n) is 6.40. The molecule has 0 saturated heterocycles. The molecular weight excluding hydrogens is 306 g/mol. The van der Waals surface area contributed by atoms with Crippen molar-refractivity contribution in [2.45, 2.75) is 13.5 Å². The number of rotatable bonds is 4. The fraction of sp³-hybridized carbons (Fsp3) is 0.133. The summed E-state index contributed by atoms with van der Waals surface area (Å²) in [7, 11) is 0. The topological polar surface area (TPSA) is 73.5 Å². The highest BCUT2D eigenvalue weighted by Gasteiger charge is 2.18. The number of nitrogens with zero attached hydrogens (tertiary/aromatic N) is 2. The molecule has 2 N–H and O–H groups in total. The molecule has 0 aliphatic heterocycles. The van der Waals surface area contributed by atoms with Crippen LogP contribution < -0.4 is 27.4 Å². The molecule has 0 fully saturated rings. The lowest BCUT2D eigenvalue weighted by molar-refractivity contribution is -0.684. The number of hydroxylamine groups is 1. The van der Waals surface area contributed by atoms with Crippen LogP contribution in [0.2, 0.25) is 0 Å². The van der Waals surface area contributed by atoms with Crippen molar-refractivity contribution in [1.29, 1.82) is 0 Å². The molecule has 116 valence electrons. The van der Waals surface area contributed by atoms with Gasteiger partial charge in [-0.25, -0.2) is 0 Å². The predicted molar refractivity (Wildman–Crippen MR) is 76.7 cm³/mol. The number of carbonyl (C=O) groups excluding carboxylic acids is 2. The van der Waals surface area contributed by atoms with Crippen molar-refractivity contribution in [2.75, 3.05) is 10.4 Å². The molecule has 1 aromatic heterocycles. The number of hydrogen-bond acceptors (Lipinski definition) is 3. The van der Waals surface area contributed by atoms with Gasteiger partial charge >= 0.3 is 5.91 Å². The minimum absolute atomic E-state index is 0. The van der Waals surface area contributed by atoms with Gasteiger partial charge in [-0.3, -0.25) is 14.8 Å². The van der Waals surface area contributed by atoms with Crippen molar-refractivity contribution >= 4 is 23.2 Å². The molecule has 0 radical (unpaired) electrons. The van der Waals surface area contributed by atoms with Gasteiger partial charge in [0.1, 0.15) is 0 Å². The van der Waals surface area contributed by atoms with Gasteiger partial charge in [-0.2, -0.15) is 9.63 Å². The average molecular weight is 322 g/mol. The fourth-order valence-electron chi connectivity index (χ4n) is 1.83. The van der Waals surface area contributed by atoms with E-state index >= 15 is 0 Å². The Hall–Kier alpha value is -2.44. The van der Waals surface area contributed by atoms with Gasteiger partial charge in [-0.05, 0) is 18.2 Å². The van der Waals surface area contributed by atoms with E-state index in [1.54, 1.807) is 47.3 Å². The highest BCUT2D eigenvalue weighted by molar-refractivity contribution is 5.92. The van der Waals surface area contributed by atoms with E-state index in [0.717, 1.165) is 0 Å². The molecule has 7 heteroatoms. The molecule has 0 spiro atoms. The first kappa shape index (κ1) is 17.6. The van der Waals surface area contributed by atoms with E-state index in [1.807, 2.05) is 6.07 Å². The van der Waals surface area contributed by atoms with Crippen LogP contribution in [0.1, 0.15) is 6.92 Å². The molecule has 1 heterocycles. The van der Waals surface area contributed by atoms with Gasteiger partial charge in [0.15, 0.2) is 12.4 Å². The van der Waals surface area contributed by atoms with E-state index < -0.39 is 5.91 Å². The summed E-state index contributed by atoms with van der Waals surface area (Å²) in [6.45, 7) is 1.41. The van der Waals surface area contributed by atoms with Crippen molar-refractivity contribution < 1.29 is 31.8 Å². The highest BCUT2D eigenvalue weighted by Crippen LogP contribution is 2.18. The molecule has 6 nitrogen and oxygen atoms in total. The Balaban J connectivity index is 0.00000242. The number of halogens is 1. The number of amides is 2. The lowest BCUT2D eigenvalue weighted by Gasteiger charge is -2.14. The van der Waals surface area contributed by atoms with Crippen molar-refractivity contribution in [3.8, 4) is 0 Å². The molecule has 2 aromatic rings. The van der Waals surface area contributed by atoms with Crippen LogP contribution in [0, 0.1) is 0 Å². The van der Waals surface area contributed by atoms with Crippen LogP contribution in [0.5, 0.6) is 0 Å². The SMILES string of the molecule is CC(=O)Nc1cccc(N(O)C(=O)C[n+]2ccccc2)c1.[Cl-]. The number of benzene rings is 1. The second-order valence-electron chi connectivity index (χ2n) is 4.48. The van der Waals surface area contributed by atoms with E-state index in [-0.39, 0.29) is 24.9 Å². The largest absolute Gasteiger partial charge is 1.00 e. The van der Waals surface area contributed by atoms with Crippen molar-refractivity contribution in [3.05, 3.63) is 54.9 Å². The normalized spacial score (nSPS) is 9.55. The van der Waals surface area contributed by atoms with E-state index in [2.05, 4.69) is 5.32 Å². The maximum Gasteiger partial charge on any atom is 0.316 e. The van der Waals surface area contributed by atoms with Gasteiger partial charge < -0.3 is 17.7 Å². The molecular formula is C15H16ClN3O3. The van der Waals surface area contributed by atoms with Crippen molar-refractivity contribution in [3.63, 3.8) is 0 Å². The number of carbonyl (C=O) groups is 2. The van der Waals surface area contributed by atoms with Crippen LogP contribution in [-0.2, 0) is 16.1 Å². The third kappa shape index (κ3) is 4.83. The Bertz CT molecular complexity index is 649. The van der Waals surface area contributed by atoms with Gasteiger partial charge in [0.05, 0.1) is 5.69 Å². The van der Waals surface area contributed by atoms with Gasteiger partial charge in [-0.15, -0.1) is 0 Å². The lowest BCUT2D eigenvalue weighted by atomic mass is 10.2. The van der Waals surface area contributed by atoms with E-state index in [1.165, 1.54) is 13.0 Å². The van der Waals surface area contributed by atoms with Gasteiger partial charge in [-0.1, -0.05) is 12.1 Å². The summed E-state index contributed by atoms with van der Waals surface area (Å²) >= 11 is 0. The number of aromatic nitrogens is 1. The Morgan fingerprint density at radius 2 is 1.86 bits per heavy atom. The van der Waals surface area contributed by atoms with Crippen molar-refractivity contribution in [1.82, 2.24) is 0 Å². The van der Waals surface area contributed by atoms with Gasteiger partial charge in [0.2, 0.25) is 12.5 Å². The monoisotopic (exact) mass is 321 g/mol. The zero-order valence-corrected chi connectivity index (χ0v) is 12.7. The summed E-state index contributed by atoms with van der Waals surface area (Å²) in [5.74, 6) is -0.700. The zero-order chi connectivity index (χ0) is 15.2. The van der Waals surface area contributed by atoms with Crippen LogP contribution in [-0.4, -0.2) is 17.0 Å². The number of anilines is 2. The van der Waals surface area contributed by atoms with Crippen LogP contribution in [0.4, 0.5) is 11.4 Å². The van der Waals surface area contributed by atoms with Gasteiger partial charge in [0, 0.05) is 24.7 Å². The van der Waals surface area contributed by atoms with Crippen LogP contribution in [0.15, 0.2) is 54.9 Å². The standard InChI is InChI=1S/C15H15N3O3.ClH/c1-12(19)16-13-6-5-7-14(10-13)18(21)15(20)11-17-8-3-2-4-9-17;/h2-10,21H,11H2,1H3;1H. The summed E-state index contributed by atoms with van der Waals surface area (Å²) in [5.41, 5.74) is 0.807. The van der Waals surface area contributed by atoms with E-state index in [4.69, 9.17) is 0 Å². The summed E-state index contributed by atoms with van der Waals surface area (Å²) < 4.78 is 1.66. The first-order valence-corrected chi connectivity index (χ1v) is 6.40. The smallest absolute Gasteiger partial charge is 0.316 e. The Morgan fingerprint density at radius 1 is 1.18 bits per heavy atom. The highest BCUT2D eigenvalue weighted by atomic mass is 35.5. The molecule has 1 aromatic carbocycles. The summed E-state index contributed by atoms with van der Waals surface area (Å²) in [4.78, 5) is 23.0. The Morgan fingerprint density at radius 3 is 2.50 bits per heavy atom. The molecule has 2 rings (SSSR count). The average Bonchev–Trinajstić information content (AvgIpc) is 2.47. The third-order valence-corrected chi connectivity index (χ3v) is 2.74. The molecule has 2 amide bonds. The van der Waals surface area contributed by atoms with Crippen molar-refractivity contribution in [2.24, 2.45) is 0 Å². The molecule has 0 aliphatic rings. The summed E-state index contributed by atoms with van der Waals surface area (Å²) in [5, 5.41) is 13.1. The first-order chi connectivity index (χ1) is 10.1. The number of hydrogen-bond donors (Lipinski definition) is 2. The molecule has 0 unspecified atom stereocenters. The second kappa shape index (κ2) is 8.11. The third-order valence-electron chi connectivity index (χ3n) is 2.74. The van der Waals surface area contributed by atoms with E-state index in [0.29, 0.717) is 16.4 Å². The van der Waals surface area contributed by atoms with Crippen LogP contribution >= 0.6 is 0 Å². The van der Waals surface area contributed by atoms with E-state index in [9.17, 15) is 14.8 Å². The lowest BCUT2D eigenvalue weighted by Crippen LogP contribution is -3.00. The molecule has 0 bridgehead atoms. The summed E-state index contributed by atoms with van der Waals surface area (Å²) in [6, 6.07) is 11.9. The zero-order valence-electron chi connectivity index (χ0n) is 11.9. The molecule has 22 heavy (non-hydrogen) atoms. The maximum atomic E-state index is 12.0. The molecule has 0 atom stereocenters. The minimum Gasteiger partial charge on any atom is -1.00 e. The van der Waals surface area contributed by atoms with Crippen LogP contribution in [0.25, 0.3) is 0 Å². The summed E-state index contributed by atoms with van der Waals surface area (Å²) in [6.07, 6.45) is 3.47. The molecule has 0 aliphatic carbocycles. The van der Waals surface area contributed by atoms with Crippen LogP contribution in [0.3, 0.4) is 0 Å². The molecule has 0 saturated carbocycles. The Labute approximate surface area is 134 Å². The fourth-order valence-corrected chi connectivity index (χ4v) is 1.83. The second-order valence-corrected chi connectivity index (χ2v) is 4.48. The predicted octanol–water partition coefficient (Wildman–Crippen LogP) is -1.64. The Kier molecular flexibility index (Phi) is 6.49. The minimum atomic E-state index is -0.480. The quantitative estimate of drug-likeness (QED) is 0.403.